The van der Waals surface area contributed by atoms with Crippen molar-refractivity contribution in [1.82, 2.24) is 0 Å². The molecule has 1 nitrogen and oxygen atoms in total. The maximum atomic E-state index is 12.4. The lowest BCUT2D eigenvalue weighted by Gasteiger charge is -2.14. The summed E-state index contributed by atoms with van der Waals surface area (Å²) in [6.45, 7) is 2.48. The number of aliphatic hydroxyl groups is 1. The monoisotopic (exact) mass is 270 g/mol. The normalized spacial score (nSPS) is 12.6. The van der Waals surface area contributed by atoms with Gasteiger partial charge in [0.15, 0.2) is 0 Å². The Morgan fingerprint density at radius 1 is 0.944 bits per heavy atom. The van der Waals surface area contributed by atoms with Gasteiger partial charge in [-0.25, -0.2) is 0 Å². The molecule has 0 heterocycles. The summed E-state index contributed by atoms with van der Waals surface area (Å²) < 4.78 is 74.7. The minimum Gasteiger partial charge on any atom is -0.392 e. The molecule has 0 amide bonds. The molecule has 7 heteroatoms. The molecule has 18 heavy (non-hydrogen) atoms. The molecule has 0 radical (unpaired) electrons. The van der Waals surface area contributed by atoms with Gasteiger partial charge in [0.05, 0.1) is 17.7 Å². The van der Waals surface area contributed by atoms with Gasteiger partial charge in [-0.3, -0.25) is 0 Å². The minimum absolute atomic E-state index is 0.0220. The van der Waals surface area contributed by atoms with E-state index in [9.17, 15) is 26.3 Å². The molecule has 1 N–H and O–H groups in total. The molecule has 0 saturated heterocycles. The van der Waals surface area contributed by atoms with Gasteiger partial charge in [0.1, 0.15) is 0 Å². The molecule has 0 saturated carbocycles. The predicted octanol–water partition coefficient (Wildman–Crippen LogP) is 3.73. The molecule has 1 aromatic rings. The van der Waals surface area contributed by atoms with Gasteiger partial charge < -0.3 is 5.11 Å². The van der Waals surface area contributed by atoms with Crippen LogP contribution < -0.4 is 0 Å². The van der Waals surface area contributed by atoms with Crippen LogP contribution in [0.4, 0.5) is 26.3 Å². The molecular formula is C11H8F6O. The number of alkyl halides is 6. The third kappa shape index (κ3) is 3.25. The molecule has 0 aliphatic carbocycles. The quantitative estimate of drug-likeness (QED) is 0.812. The summed E-state index contributed by atoms with van der Waals surface area (Å²) in [5, 5.41) is 8.71. The Balaban J connectivity index is 3.44. The van der Waals surface area contributed by atoms with Gasteiger partial charge >= 0.3 is 12.4 Å². The Labute approximate surface area is 98.4 Å². The summed E-state index contributed by atoms with van der Waals surface area (Å²) in [5.74, 6) is 0. The van der Waals surface area contributed by atoms with Crippen LogP contribution >= 0.6 is 0 Å². The number of hydrogen-bond acceptors (Lipinski definition) is 1. The summed E-state index contributed by atoms with van der Waals surface area (Å²) >= 11 is 0. The Bertz CT molecular complexity index is 425. The van der Waals surface area contributed by atoms with Crippen molar-refractivity contribution in [3.63, 3.8) is 0 Å². The zero-order chi connectivity index (χ0) is 14.1. The molecule has 0 fully saturated rings. The average molecular weight is 270 g/mol. The van der Waals surface area contributed by atoms with Crippen LogP contribution in [0, 0.1) is 0 Å². The molecular weight excluding hydrogens is 262 g/mol. The third-order valence-corrected chi connectivity index (χ3v) is 2.19. The van der Waals surface area contributed by atoms with Crippen LogP contribution in [0.25, 0.3) is 5.57 Å². The molecule has 0 atom stereocenters. The molecule has 100 valence electrons. The van der Waals surface area contributed by atoms with Crippen LogP contribution in [0.1, 0.15) is 16.7 Å². The predicted molar refractivity (Wildman–Crippen MR) is 52.6 cm³/mol. The van der Waals surface area contributed by atoms with Crippen LogP contribution in [0.3, 0.4) is 0 Å². The fourth-order valence-electron chi connectivity index (χ4n) is 1.25. The lowest BCUT2D eigenvalue weighted by molar-refractivity contribution is -0.143. The highest BCUT2D eigenvalue weighted by atomic mass is 19.4. The largest absolute Gasteiger partial charge is 0.416 e. The van der Waals surface area contributed by atoms with Crippen molar-refractivity contribution in [2.45, 2.75) is 12.4 Å². The van der Waals surface area contributed by atoms with Gasteiger partial charge in [0, 0.05) is 0 Å². The van der Waals surface area contributed by atoms with Crippen molar-refractivity contribution in [3.8, 4) is 0 Å². The Morgan fingerprint density at radius 2 is 1.33 bits per heavy atom. The van der Waals surface area contributed by atoms with E-state index < -0.39 is 30.1 Å². The van der Waals surface area contributed by atoms with E-state index in [1.54, 1.807) is 0 Å². The van der Waals surface area contributed by atoms with E-state index in [0.717, 1.165) is 0 Å². The zero-order valence-electron chi connectivity index (χ0n) is 8.86. The molecule has 0 bridgehead atoms. The fraction of sp³-hybridized carbons (Fsp3) is 0.273. The van der Waals surface area contributed by atoms with Gasteiger partial charge in [0.2, 0.25) is 0 Å². The Hall–Kier alpha value is -1.50. The van der Waals surface area contributed by atoms with E-state index in [1.165, 1.54) is 0 Å². The molecule has 0 spiro atoms. The highest BCUT2D eigenvalue weighted by Crippen LogP contribution is 2.37. The standard InChI is InChI=1S/C11H8F6O/c1-6(5-18)7-2-8(10(12,13)14)4-9(3-7)11(15,16)17/h2-4,18H,1,5H2. The first kappa shape index (κ1) is 14.6. The maximum Gasteiger partial charge on any atom is 0.416 e. The molecule has 0 aliphatic rings. The SMILES string of the molecule is C=C(CO)c1cc(C(F)(F)F)cc(C(F)(F)F)c1. The first-order chi connectivity index (χ1) is 8.05. The molecule has 0 unspecified atom stereocenters. The Kier molecular flexibility index (Phi) is 3.75. The summed E-state index contributed by atoms with van der Waals surface area (Å²) in [5.41, 5.74) is -3.46. The fourth-order valence-corrected chi connectivity index (χ4v) is 1.25. The van der Waals surface area contributed by atoms with E-state index >= 15 is 0 Å². The van der Waals surface area contributed by atoms with Crippen molar-refractivity contribution in [2.75, 3.05) is 6.61 Å². The maximum absolute atomic E-state index is 12.4. The number of rotatable bonds is 2. The van der Waals surface area contributed by atoms with Crippen LogP contribution in [0.2, 0.25) is 0 Å². The number of hydrogen-bond donors (Lipinski definition) is 1. The summed E-state index contributed by atoms with van der Waals surface area (Å²) in [4.78, 5) is 0. The van der Waals surface area contributed by atoms with Crippen LogP contribution in [-0.4, -0.2) is 11.7 Å². The third-order valence-electron chi connectivity index (χ3n) is 2.19. The van der Waals surface area contributed by atoms with E-state index in [-0.39, 0.29) is 17.2 Å². The second-order valence-electron chi connectivity index (χ2n) is 3.56. The van der Waals surface area contributed by atoms with E-state index in [0.29, 0.717) is 12.1 Å². The molecule has 0 aliphatic heterocycles. The van der Waals surface area contributed by atoms with E-state index in [1.807, 2.05) is 0 Å². The minimum atomic E-state index is -4.90. The van der Waals surface area contributed by atoms with Crippen molar-refractivity contribution in [1.29, 1.82) is 0 Å². The van der Waals surface area contributed by atoms with E-state index in [4.69, 9.17) is 5.11 Å². The molecule has 1 rings (SSSR count). The van der Waals surface area contributed by atoms with Gasteiger partial charge in [-0.05, 0) is 29.3 Å². The average Bonchev–Trinajstić information content (AvgIpc) is 2.25. The summed E-state index contributed by atoms with van der Waals surface area (Å²) in [6.07, 6.45) is -9.79. The lowest BCUT2D eigenvalue weighted by Crippen LogP contribution is -2.11. The van der Waals surface area contributed by atoms with Crippen molar-refractivity contribution < 1.29 is 31.4 Å². The number of halogens is 6. The topological polar surface area (TPSA) is 20.2 Å². The highest BCUT2D eigenvalue weighted by molar-refractivity contribution is 5.65. The van der Waals surface area contributed by atoms with Crippen LogP contribution in [0.5, 0.6) is 0 Å². The van der Waals surface area contributed by atoms with Gasteiger partial charge in [-0.15, -0.1) is 0 Å². The number of benzene rings is 1. The highest BCUT2D eigenvalue weighted by Gasteiger charge is 2.36. The molecule has 1 aromatic carbocycles. The second-order valence-corrected chi connectivity index (χ2v) is 3.56. The van der Waals surface area contributed by atoms with Gasteiger partial charge in [-0.1, -0.05) is 6.58 Å². The second kappa shape index (κ2) is 4.64. The zero-order valence-corrected chi connectivity index (χ0v) is 8.86. The van der Waals surface area contributed by atoms with Crippen LogP contribution in [0.15, 0.2) is 24.8 Å². The van der Waals surface area contributed by atoms with E-state index in [2.05, 4.69) is 6.58 Å². The van der Waals surface area contributed by atoms with Crippen LogP contribution in [-0.2, 0) is 12.4 Å². The van der Waals surface area contributed by atoms with Gasteiger partial charge in [-0.2, -0.15) is 26.3 Å². The van der Waals surface area contributed by atoms with Crippen molar-refractivity contribution in [2.24, 2.45) is 0 Å². The van der Waals surface area contributed by atoms with Crippen molar-refractivity contribution in [3.05, 3.63) is 41.5 Å². The van der Waals surface area contributed by atoms with Gasteiger partial charge in [0.25, 0.3) is 0 Å². The first-order valence-electron chi connectivity index (χ1n) is 4.64. The lowest BCUT2D eigenvalue weighted by atomic mass is 10.0. The summed E-state index contributed by atoms with van der Waals surface area (Å²) in [6, 6.07) is 1.07. The summed E-state index contributed by atoms with van der Waals surface area (Å²) in [7, 11) is 0. The molecule has 0 aromatic heterocycles. The smallest absolute Gasteiger partial charge is 0.392 e. The van der Waals surface area contributed by atoms with Crippen molar-refractivity contribution >= 4 is 5.57 Å². The Morgan fingerprint density at radius 3 is 1.61 bits per heavy atom. The number of aliphatic hydroxyl groups excluding tert-OH is 1. The first-order valence-corrected chi connectivity index (χ1v) is 4.64.